The van der Waals surface area contributed by atoms with Gasteiger partial charge in [-0.05, 0) is 36.4 Å². The third kappa shape index (κ3) is 3.09. The van der Waals surface area contributed by atoms with Crippen molar-refractivity contribution in [2.45, 2.75) is 0 Å². The number of pyridine rings is 1. The first-order chi connectivity index (χ1) is 13.6. The zero-order valence-electron chi connectivity index (χ0n) is 14.9. The van der Waals surface area contributed by atoms with Gasteiger partial charge in [0.2, 0.25) is 5.88 Å². The van der Waals surface area contributed by atoms with Crippen molar-refractivity contribution in [3.8, 4) is 17.3 Å². The van der Waals surface area contributed by atoms with Crippen molar-refractivity contribution in [2.24, 2.45) is 0 Å². The van der Waals surface area contributed by atoms with Crippen LogP contribution in [0.4, 0.5) is 0 Å². The molecule has 0 radical (unpaired) electrons. The van der Waals surface area contributed by atoms with Crippen LogP contribution in [0.1, 0.15) is 10.4 Å². The van der Waals surface area contributed by atoms with E-state index in [1.54, 1.807) is 42.6 Å². The van der Waals surface area contributed by atoms with Crippen molar-refractivity contribution in [2.75, 3.05) is 19.5 Å². The van der Waals surface area contributed by atoms with Crippen molar-refractivity contribution < 1.29 is 19.4 Å². The molecule has 0 aliphatic rings. The van der Waals surface area contributed by atoms with Gasteiger partial charge >= 0.3 is 5.97 Å². The molecule has 0 unspecified atom stereocenters. The van der Waals surface area contributed by atoms with Crippen LogP contribution < -0.4 is 4.74 Å². The molecule has 142 valence electrons. The Labute approximate surface area is 165 Å². The quantitative estimate of drug-likeness (QED) is 0.395. The number of nitrogens with zero attached hydrogens (tertiary/aromatic N) is 4. The molecular weight excluding hydrogens is 380 g/mol. The molecule has 2 aromatic carbocycles. The van der Waals surface area contributed by atoms with Gasteiger partial charge < -0.3 is 14.6 Å². The summed E-state index contributed by atoms with van der Waals surface area (Å²) in [6, 6.07) is 10.1. The fraction of sp³-hybridized carbons (Fsp3) is 0.158. The second-order valence-electron chi connectivity index (χ2n) is 5.90. The van der Waals surface area contributed by atoms with Gasteiger partial charge in [-0.15, -0.1) is 15.0 Å². The SMILES string of the molecule is COC(=O)c1ccc2nn(-c3ccc4c(OCCS)nccc4c3O)nc2c1. The molecule has 4 rings (SSSR count). The largest absolute Gasteiger partial charge is 0.505 e. The Bertz CT molecular complexity index is 1190. The smallest absolute Gasteiger partial charge is 0.337 e. The van der Waals surface area contributed by atoms with Gasteiger partial charge in [0.15, 0.2) is 5.75 Å². The van der Waals surface area contributed by atoms with Crippen molar-refractivity contribution in [1.29, 1.82) is 0 Å². The van der Waals surface area contributed by atoms with Gasteiger partial charge in [0.25, 0.3) is 0 Å². The lowest BCUT2D eigenvalue weighted by atomic mass is 10.1. The molecule has 28 heavy (non-hydrogen) atoms. The van der Waals surface area contributed by atoms with Gasteiger partial charge in [-0.2, -0.15) is 12.6 Å². The average molecular weight is 396 g/mol. The van der Waals surface area contributed by atoms with Crippen LogP contribution in [-0.4, -0.2) is 50.5 Å². The summed E-state index contributed by atoms with van der Waals surface area (Å²) < 4.78 is 10.3. The maximum absolute atomic E-state index is 11.7. The molecule has 4 aromatic rings. The minimum Gasteiger partial charge on any atom is -0.505 e. The van der Waals surface area contributed by atoms with E-state index in [9.17, 15) is 9.90 Å². The van der Waals surface area contributed by atoms with Crippen LogP contribution >= 0.6 is 12.6 Å². The summed E-state index contributed by atoms with van der Waals surface area (Å²) in [4.78, 5) is 17.2. The molecule has 0 saturated carbocycles. The maximum atomic E-state index is 11.7. The molecule has 8 nitrogen and oxygen atoms in total. The van der Waals surface area contributed by atoms with Crippen LogP contribution in [0.2, 0.25) is 0 Å². The van der Waals surface area contributed by atoms with E-state index < -0.39 is 5.97 Å². The number of carbonyl (C=O) groups is 1. The zero-order chi connectivity index (χ0) is 19.7. The van der Waals surface area contributed by atoms with Crippen LogP contribution in [0.3, 0.4) is 0 Å². The topological polar surface area (TPSA) is 99.4 Å². The molecule has 2 heterocycles. The van der Waals surface area contributed by atoms with Gasteiger partial charge in [0.1, 0.15) is 16.7 Å². The number of phenolic OH excluding ortho intramolecular Hbond substituents is 1. The molecule has 0 saturated heterocycles. The van der Waals surface area contributed by atoms with Crippen molar-refractivity contribution in [1.82, 2.24) is 20.0 Å². The Balaban J connectivity index is 1.80. The molecule has 2 aromatic heterocycles. The van der Waals surface area contributed by atoms with E-state index >= 15 is 0 Å². The number of ether oxygens (including phenoxy) is 2. The van der Waals surface area contributed by atoms with Crippen LogP contribution in [-0.2, 0) is 4.74 Å². The highest BCUT2D eigenvalue weighted by molar-refractivity contribution is 7.80. The maximum Gasteiger partial charge on any atom is 0.337 e. The summed E-state index contributed by atoms with van der Waals surface area (Å²) in [6.07, 6.45) is 1.56. The number of esters is 1. The van der Waals surface area contributed by atoms with Gasteiger partial charge in [-0.25, -0.2) is 9.78 Å². The highest BCUT2D eigenvalue weighted by Gasteiger charge is 2.15. The number of aromatic nitrogens is 4. The van der Waals surface area contributed by atoms with Gasteiger partial charge in [-0.3, -0.25) is 0 Å². The monoisotopic (exact) mass is 396 g/mol. The highest BCUT2D eigenvalue weighted by atomic mass is 32.1. The fourth-order valence-corrected chi connectivity index (χ4v) is 2.98. The Hall–Kier alpha value is -3.33. The normalized spacial score (nSPS) is 11.1. The predicted molar refractivity (Wildman–Crippen MR) is 107 cm³/mol. The lowest BCUT2D eigenvalue weighted by Crippen LogP contribution is -2.02. The predicted octanol–water partition coefficient (Wildman–Crippen LogP) is 2.77. The van der Waals surface area contributed by atoms with Gasteiger partial charge in [0.05, 0.1) is 19.3 Å². The molecule has 0 bridgehead atoms. The molecule has 0 amide bonds. The lowest BCUT2D eigenvalue weighted by molar-refractivity contribution is 0.0601. The molecular formula is C19H16N4O4S. The number of thiol groups is 1. The molecule has 9 heteroatoms. The number of aromatic hydroxyl groups is 1. The Morgan fingerprint density at radius 1 is 1.14 bits per heavy atom. The van der Waals surface area contributed by atoms with Gasteiger partial charge in [0, 0.05) is 22.7 Å². The van der Waals surface area contributed by atoms with Crippen molar-refractivity contribution in [3.05, 3.63) is 48.2 Å². The van der Waals surface area contributed by atoms with Crippen molar-refractivity contribution >= 4 is 40.4 Å². The number of methoxy groups -OCH3 is 1. The van der Waals surface area contributed by atoms with E-state index in [0.29, 0.717) is 51.3 Å². The summed E-state index contributed by atoms with van der Waals surface area (Å²) in [5, 5.41) is 20.8. The second kappa shape index (κ2) is 7.35. The standard InChI is InChI=1S/C19H16N4O4S/c1-26-19(25)11-2-4-14-15(10-11)22-23(21-14)16-5-3-13-12(17(16)24)6-7-20-18(13)27-8-9-28/h2-7,10,24,28H,8-9H2,1H3. The number of fused-ring (bicyclic) bond motifs is 2. The van der Waals surface area contributed by atoms with E-state index in [1.165, 1.54) is 11.9 Å². The number of rotatable bonds is 5. The first kappa shape index (κ1) is 18.1. The summed E-state index contributed by atoms with van der Waals surface area (Å²) >= 11 is 4.13. The van der Waals surface area contributed by atoms with Gasteiger partial charge in [-0.1, -0.05) is 0 Å². The van der Waals surface area contributed by atoms with Crippen LogP contribution in [0, 0.1) is 0 Å². The lowest BCUT2D eigenvalue weighted by Gasteiger charge is -2.10. The molecule has 0 spiro atoms. The fourth-order valence-electron chi connectivity index (χ4n) is 2.89. The molecule has 0 aliphatic heterocycles. The molecule has 0 aliphatic carbocycles. The minimum atomic E-state index is -0.453. The third-order valence-electron chi connectivity index (χ3n) is 4.21. The van der Waals surface area contributed by atoms with Crippen LogP contribution in [0.5, 0.6) is 11.6 Å². The Kier molecular flexibility index (Phi) is 4.74. The van der Waals surface area contributed by atoms with Crippen LogP contribution in [0.25, 0.3) is 27.5 Å². The third-order valence-corrected chi connectivity index (χ3v) is 4.39. The van der Waals surface area contributed by atoms with E-state index in [-0.39, 0.29) is 5.75 Å². The number of phenols is 1. The van der Waals surface area contributed by atoms with E-state index in [2.05, 4.69) is 27.8 Å². The first-order valence-electron chi connectivity index (χ1n) is 8.42. The Morgan fingerprint density at radius 3 is 2.75 bits per heavy atom. The summed E-state index contributed by atoms with van der Waals surface area (Å²) in [5.74, 6) is 0.532. The van der Waals surface area contributed by atoms with E-state index in [1.807, 2.05) is 0 Å². The molecule has 0 fully saturated rings. The Morgan fingerprint density at radius 2 is 1.96 bits per heavy atom. The zero-order valence-corrected chi connectivity index (χ0v) is 15.8. The minimum absolute atomic E-state index is 0.00382. The number of hydrogen-bond donors (Lipinski definition) is 2. The van der Waals surface area contributed by atoms with Crippen molar-refractivity contribution in [3.63, 3.8) is 0 Å². The highest BCUT2D eigenvalue weighted by Crippen LogP contribution is 2.34. The molecule has 1 N–H and O–H groups in total. The summed E-state index contributed by atoms with van der Waals surface area (Å²) in [6.45, 7) is 0.409. The first-order valence-corrected chi connectivity index (χ1v) is 9.05. The average Bonchev–Trinajstić information content (AvgIpc) is 3.15. The van der Waals surface area contributed by atoms with Crippen LogP contribution in [0.15, 0.2) is 42.6 Å². The van der Waals surface area contributed by atoms with E-state index in [0.717, 1.165) is 0 Å². The summed E-state index contributed by atoms with van der Waals surface area (Å²) in [7, 11) is 1.32. The number of benzene rings is 2. The second-order valence-corrected chi connectivity index (χ2v) is 6.35. The number of hydrogen-bond acceptors (Lipinski definition) is 8. The number of carbonyl (C=O) groups excluding carboxylic acids is 1. The molecule has 0 atom stereocenters. The summed E-state index contributed by atoms with van der Waals surface area (Å²) in [5.41, 5.74) is 1.87. The van der Waals surface area contributed by atoms with E-state index in [4.69, 9.17) is 9.47 Å².